The summed E-state index contributed by atoms with van der Waals surface area (Å²) in [5.74, 6) is -0.361. The number of rotatable bonds is 7. The van der Waals surface area contributed by atoms with E-state index in [9.17, 15) is 9.59 Å². The number of ether oxygens (including phenoxy) is 3. The quantitative estimate of drug-likeness (QED) is 0.559. The standard InChI is InChI=1S/C20H22O6/c1-3-6-13-8-9-16(25-12-14-7-5-10-24-14)18-15(21)11-17(26-19(13)18)20(22)23-4-2/h3,8-9,11,14H,1,4-7,10,12H2,2H3. The lowest BCUT2D eigenvalue weighted by atomic mass is 10.1. The Morgan fingerprint density at radius 3 is 2.96 bits per heavy atom. The summed E-state index contributed by atoms with van der Waals surface area (Å²) < 4.78 is 22.1. The van der Waals surface area contributed by atoms with E-state index in [4.69, 9.17) is 18.6 Å². The van der Waals surface area contributed by atoms with Crippen molar-refractivity contribution in [1.29, 1.82) is 0 Å². The highest BCUT2D eigenvalue weighted by molar-refractivity contribution is 5.91. The Balaban J connectivity index is 2.03. The minimum atomic E-state index is -0.665. The third-order valence-electron chi connectivity index (χ3n) is 4.21. The Hall–Kier alpha value is -2.60. The molecule has 1 atom stereocenters. The van der Waals surface area contributed by atoms with Crippen molar-refractivity contribution < 1.29 is 23.4 Å². The SMILES string of the molecule is C=CCc1ccc(OCC2CCCO2)c2c(=O)cc(C(=O)OCC)oc12. The zero-order valence-corrected chi connectivity index (χ0v) is 14.8. The fourth-order valence-corrected chi connectivity index (χ4v) is 2.99. The van der Waals surface area contributed by atoms with Gasteiger partial charge in [0.15, 0.2) is 5.43 Å². The van der Waals surface area contributed by atoms with Gasteiger partial charge in [0.2, 0.25) is 5.76 Å². The largest absolute Gasteiger partial charge is 0.490 e. The summed E-state index contributed by atoms with van der Waals surface area (Å²) >= 11 is 0. The maximum Gasteiger partial charge on any atom is 0.374 e. The lowest BCUT2D eigenvalue weighted by molar-refractivity contribution is 0.0490. The fraction of sp³-hybridized carbons (Fsp3) is 0.400. The second-order valence-electron chi connectivity index (χ2n) is 6.06. The second kappa shape index (κ2) is 8.19. The molecule has 1 fully saturated rings. The van der Waals surface area contributed by atoms with Crippen molar-refractivity contribution in [3.8, 4) is 5.75 Å². The Bertz CT molecular complexity index is 860. The normalized spacial score (nSPS) is 16.6. The highest BCUT2D eigenvalue weighted by Crippen LogP contribution is 2.28. The maximum atomic E-state index is 12.7. The van der Waals surface area contributed by atoms with Gasteiger partial charge in [0, 0.05) is 12.7 Å². The van der Waals surface area contributed by atoms with Gasteiger partial charge >= 0.3 is 5.97 Å². The molecule has 0 aliphatic carbocycles. The molecule has 6 nitrogen and oxygen atoms in total. The summed E-state index contributed by atoms with van der Waals surface area (Å²) in [6, 6.07) is 4.71. The number of carbonyl (C=O) groups is 1. The van der Waals surface area contributed by atoms with Crippen LogP contribution in [0.3, 0.4) is 0 Å². The molecule has 0 spiro atoms. The number of hydrogen-bond acceptors (Lipinski definition) is 6. The van der Waals surface area contributed by atoms with Gasteiger partial charge in [-0.1, -0.05) is 12.1 Å². The number of allylic oxidation sites excluding steroid dienone is 1. The summed E-state index contributed by atoms with van der Waals surface area (Å²) in [6.07, 6.45) is 4.19. The van der Waals surface area contributed by atoms with Crippen LogP contribution >= 0.6 is 0 Å². The number of fused-ring (bicyclic) bond motifs is 1. The van der Waals surface area contributed by atoms with Gasteiger partial charge in [-0.15, -0.1) is 6.58 Å². The van der Waals surface area contributed by atoms with Gasteiger partial charge in [-0.25, -0.2) is 4.79 Å². The van der Waals surface area contributed by atoms with Crippen LogP contribution in [0.5, 0.6) is 5.75 Å². The van der Waals surface area contributed by atoms with Crippen LogP contribution in [0.4, 0.5) is 0 Å². The van der Waals surface area contributed by atoms with Crippen LogP contribution in [0, 0.1) is 0 Å². The van der Waals surface area contributed by atoms with Crippen LogP contribution in [0.2, 0.25) is 0 Å². The third kappa shape index (κ3) is 3.80. The van der Waals surface area contributed by atoms with Crippen LogP contribution < -0.4 is 10.2 Å². The van der Waals surface area contributed by atoms with E-state index in [1.165, 1.54) is 0 Å². The molecule has 1 aromatic carbocycles. The highest BCUT2D eigenvalue weighted by Gasteiger charge is 2.20. The number of hydrogen-bond donors (Lipinski definition) is 0. The molecule has 0 N–H and O–H groups in total. The van der Waals surface area contributed by atoms with Crippen molar-refractivity contribution in [3.05, 3.63) is 52.4 Å². The Kier molecular flexibility index (Phi) is 5.73. The van der Waals surface area contributed by atoms with E-state index in [0.29, 0.717) is 29.7 Å². The van der Waals surface area contributed by atoms with E-state index in [1.807, 2.05) is 6.07 Å². The molecular weight excluding hydrogens is 336 g/mol. The summed E-state index contributed by atoms with van der Waals surface area (Å²) in [6.45, 7) is 6.72. The van der Waals surface area contributed by atoms with E-state index in [2.05, 4.69) is 6.58 Å². The first-order chi connectivity index (χ1) is 12.6. The molecule has 3 rings (SSSR count). The fourth-order valence-electron chi connectivity index (χ4n) is 2.99. The first-order valence-electron chi connectivity index (χ1n) is 8.76. The van der Waals surface area contributed by atoms with Gasteiger partial charge < -0.3 is 18.6 Å². The Morgan fingerprint density at radius 1 is 1.42 bits per heavy atom. The molecule has 1 aliphatic rings. The van der Waals surface area contributed by atoms with Crippen molar-refractivity contribution in [2.45, 2.75) is 32.3 Å². The van der Waals surface area contributed by atoms with Gasteiger partial charge in [0.05, 0.1) is 12.7 Å². The summed E-state index contributed by atoms with van der Waals surface area (Å²) in [7, 11) is 0. The zero-order chi connectivity index (χ0) is 18.5. The lowest BCUT2D eigenvalue weighted by Gasteiger charge is -2.14. The first-order valence-corrected chi connectivity index (χ1v) is 8.76. The van der Waals surface area contributed by atoms with Gasteiger partial charge in [0.1, 0.15) is 23.3 Å². The van der Waals surface area contributed by atoms with Crippen molar-refractivity contribution in [2.75, 3.05) is 19.8 Å². The monoisotopic (exact) mass is 358 g/mol. The average Bonchev–Trinajstić information content (AvgIpc) is 3.15. The maximum absolute atomic E-state index is 12.7. The van der Waals surface area contributed by atoms with Crippen LogP contribution in [0.25, 0.3) is 11.0 Å². The minimum absolute atomic E-state index is 0.0312. The summed E-state index contributed by atoms with van der Waals surface area (Å²) in [5.41, 5.74) is 0.732. The van der Waals surface area contributed by atoms with E-state index >= 15 is 0 Å². The first kappa shape index (κ1) is 18.2. The summed E-state index contributed by atoms with van der Waals surface area (Å²) in [4.78, 5) is 24.6. The Morgan fingerprint density at radius 2 is 2.27 bits per heavy atom. The van der Waals surface area contributed by atoms with E-state index in [0.717, 1.165) is 31.1 Å². The van der Waals surface area contributed by atoms with Crippen molar-refractivity contribution >= 4 is 16.9 Å². The van der Waals surface area contributed by atoms with E-state index in [-0.39, 0.29) is 23.9 Å². The van der Waals surface area contributed by atoms with Crippen LogP contribution in [0.1, 0.15) is 35.9 Å². The lowest BCUT2D eigenvalue weighted by Crippen LogP contribution is -2.17. The molecular formula is C20H22O6. The molecule has 2 aromatic rings. The van der Waals surface area contributed by atoms with Gasteiger partial charge in [-0.2, -0.15) is 0 Å². The van der Waals surface area contributed by atoms with Gasteiger partial charge in [-0.3, -0.25) is 4.79 Å². The number of esters is 1. The topological polar surface area (TPSA) is 75.0 Å². The molecule has 1 aromatic heterocycles. The number of benzene rings is 1. The predicted octanol–water partition coefficient (Wildman–Crippen LogP) is 3.26. The predicted molar refractivity (Wildman–Crippen MR) is 96.8 cm³/mol. The molecule has 1 unspecified atom stereocenters. The number of carbonyl (C=O) groups excluding carboxylic acids is 1. The van der Waals surface area contributed by atoms with Crippen LogP contribution in [-0.2, 0) is 15.9 Å². The van der Waals surface area contributed by atoms with Crippen molar-refractivity contribution in [3.63, 3.8) is 0 Å². The Labute approximate surface area is 151 Å². The second-order valence-corrected chi connectivity index (χ2v) is 6.06. The molecule has 2 heterocycles. The van der Waals surface area contributed by atoms with Crippen LogP contribution in [-0.4, -0.2) is 31.9 Å². The highest BCUT2D eigenvalue weighted by atomic mass is 16.5. The molecule has 138 valence electrons. The molecule has 0 bridgehead atoms. The van der Waals surface area contributed by atoms with E-state index < -0.39 is 5.97 Å². The average molecular weight is 358 g/mol. The van der Waals surface area contributed by atoms with Gasteiger partial charge in [-0.05, 0) is 37.8 Å². The molecule has 1 saturated heterocycles. The molecule has 26 heavy (non-hydrogen) atoms. The summed E-state index contributed by atoms with van der Waals surface area (Å²) in [5, 5.41) is 0.315. The molecule has 1 aliphatic heterocycles. The molecule has 0 amide bonds. The minimum Gasteiger partial charge on any atom is -0.490 e. The third-order valence-corrected chi connectivity index (χ3v) is 4.21. The van der Waals surface area contributed by atoms with Crippen LogP contribution in [0.15, 0.2) is 40.1 Å². The van der Waals surface area contributed by atoms with E-state index in [1.54, 1.807) is 19.1 Å². The smallest absolute Gasteiger partial charge is 0.374 e. The zero-order valence-electron chi connectivity index (χ0n) is 14.8. The van der Waals surface area contributed by atoms with Crippen molar-refractivity contribution in [2.24, 2.45) is 0 Å². The van der Waals surface area contributed by atoms with Crippen molar-refractivity contribution in [1.82, 2.24) is 0 Å². The van der Waals surface area contributed by atoms with Gasteiger partial charge in [0.25, 0.3) is 0 Å². The molecule has 0 radical (unpaired) electrons. The molecule has 6 heteroatoms. The molecule has 0 saturated carbocycles.